The number of carbonyl (C=O) groups excluding carboxylic acids is 1. The van der Waals surface area contributed by atoms with Crippen LogP contribution in [0.15, 0.2) is 18.2 Å². The van der Waals surface area contributed by atoms with E-state index in [2.05, 4.69) is 28.5 Å². The maximum Gasteiger partial charge on any atom is 0.238 e. The molecule has 0 aromatic heterocycles. The first-order chi connectivity index (χ1) is 11.2. The molecule has 0 atom stereocenters. The Morgan fingerprint density at radius 3 is 2.68 bits per heavy atom. The summed E-state index contributed by atoms with van der Waals surface area (Å²) in [5.74, 6) is 2.40. The molecule has 2 rings (SSSR count). The van der Waals surface area contributed by atoms with E-state index >= 15 is 0 Å². The number of methoxy groups -OCH3 is 1. The molecule has 0 bridgehead atoms. The number of nitrogens with zero attached hydrogens (tertiary/aromatic N) is 1. The molecule has 0 aliphatic carbocycles. The zero-order valence-electron chi connectivity index (χ0n) is 14.9. The van der Waals surface area contributed by atoms with Crippen LogP contribution in [0.3, 0.4) is 0 Å². The SMILES string of the molecule is COCCNCC(=O)Nc1cccc(CN2CCSCC2)c1C.Cl.Cl. The molecule has 1 saturated heterocycles. The fourth-order valence-corrected chi connectivity index (χ4v) is 3.54. The summed E-state index contributed by atoms with van der Waals surface area (Å²) in [6.45, 7) is 6.92. The molecule has 1 aromatic rings. The van der Waals surface area contributed by atoms with Crippen molar-refractivity contribution in [3.8, 4) is 0 Å². The second-order valence-corrected chi connectivity index (χ2v) is 6.92. The quantitative estimate of drug-likeness (QED) is 0.646. The molecule has 1 fully saturated rings. The first kappa shape index (κ1) is 24.5. The third-order valence-electron chi connectivity index (χ3n) is 3.99. The molecule has 0 saturated carbocycles. The Morgan fingerprint density at radius 2 is 2.00 bits per heavy atom. The molecular formula is C17H29Cl2N3O2S. The summed E-state index contributed by atoms with van der Waals surface area (Å²) in [5.41, 5.74) is 3.37. The highest BCUT2D eigenvalue weighted by Crippen LogP contribution is 2.21. The standard InChI is InChI=1S/C17H27N3O2S.2ClH/c1-14-15(13-20-7-10-23-11-8-20)4-3-5-16(14)19-17(21)12-18-6-9-22-2;;/h3-5,18H,6-13H2,1-2H3,(H,19,21);2*1H. The molecule has 0 unspecified atom stereocenters. The summed E-state index contributed by atoms with van der Waals surface area (Å²) in [4.78, 5) is 14.5. The minimum atomic E-state index is -0.0178. The van der Waals surface area contributed by atoms with E-state index in [1.54, 1.807) is 7.11 Å². The van der Waals surface area contributed by atoms with Crippen LogP contribution in [-0.4, -0.2) is 62.2 Å². The Labute approximate surface area is 167 Å². The third kappa shape index (κ3) is 8.62. The molecule has 8 heteroatoms. The highest BCUT2D eigenvalue weighted by atomic mass is 35.5. The maximum atomic E-state index is 12.0. The first-order valence-corrected chi connectivity index (χ1v) is 9.24. The van der Waals surface area contributed by atoms with Gasteiger partial charge in [0.05, 0.1) is 13.2 Å². The van der Waals surface area contributed by atoms with Crippen molar-refractivity contribution in [2.45, 2.75) is 13.5 Å². The normalized spacial score (nSPS) is 14.3. The molecule has 5 nitrogen and oxygen atoms in total. The average molecular weight is 410 g/mol. The van der Waals surface area contributed by atoms with E-state index in [-0.39, 0.29) is 30.7 Å². The molecule has 2 N–H and O–H groups in total. The fourth-order valence-electron chi connectivity index (χ4n) is 2.56. The van der Waals surface area contributed by atoms with Gasteiger partial charge >= 0.3 is 0 Å². The minimum absolute atomic E-state index is 0. The molecule has 0 radical (unpaired) electrons. The van der Waals surface area contributed by atoms with Crippen molar-refractivity contribution in [2.24, 2.45) is 0 Å². The van der Waals surface area contributed by atoms with E-state index < -0.39 is 0 Å². The van der Waals surface area contributed by atoms with Gasteiger partial charge in [-0.3, -0.25) is 9.69 Å². The molecule has 1 aliphatic heterocycles. The van der Waals surface area contributed by atoms with E-state index in [4.69, 9.17) is 4.74 Å². The van der Waals surface area contributed by atoms with Gasteiger partial charge in [0, 0.05) is 50.5 Å². The van der Waals surface area contributed by atoms with Crippen molar-refractivity contribution < 1.29 is 9.53 Å². The number of thioether (sulfide) groups is 1. The third-order valence-corrected chi connectivity index (χ3v) is 4.93. The number of halogens is 2. The van der Waals surface area contributed by atoms with Crippen LogP contribution in [0.4, 0.5) is 5.69 Å². The van der Waals surface area contributed by atoms with E-state index in [1.165, 1.54) is 17.1 Å². The summed E-state index contributed by atoms with van der Waals surface area (Å²) in [6.07, 6.45) is 0. The predicted molar refractivity (Wildman–Crippen MR) is 112 cm³/mol. The number of anilines is 1. The number of hydrogen-bond donors (Lipinski definition) is 2. The second-order valence-electron chi connectivity index (χ2n) is 5.70. The van der Waals surface area contributed by atoms with Gasteiger partial charge in [-0.05, 0) is 24.1 Å². The highest BCUT2D eigenvalue weighted by molar-refractivity contribution is 7.99. The highest BCUT2D eigenvalue weighted by Gasteiger charge is 2.13. The first-order valence-electron chi connectivity index (χ1n) is 8.09. The van der Waals surface area contributed by atoms with Gasteiger partial charge in [-0.1, -0.05) is 12.1 Å². The lowest BCUT2D eigenvalue weighted by molar-refractivity contribution is -0.115. The van der Waals surface area contributed by atoms with Crippen LogP contribution in [0.1, 0.15) is 11.1 Å². The lowest BCUT2D eigenvalue weighted by atomic mass is 10.1. The Hall–Kier alpha value is -0.500. The molecule has 0 spiro atoms. The Kier molecular flexibility index (Phi) is 13.4. The summed E-state index contributed by atoms with van der Waals surface area (Å²) in [7, 11) is 1.65. The molecule has 1 amide bonds. The van der Waals surface area contributed by atoms with Gasteiger partial charge in [0.1, 0.15) is 0 Å². The van der Waals surface area contributed by atoms with Gasteiger partial charge in [0.15, 0.2) is 0 Å². The van der Waals surface area contributed by atoms with Crippen molar-refractivity contribution in [2.75, 3.05) is 56.7 Å². The number of benzene rings is 1. The molecule has 144 valence electrons. The second kappa shape index (κ2) is 13.7. The molecule has 1 aromatic carbocycles. The van der Waals surface area contributed by atoms with Crippen molar-refractivity contribution in [3.63, 3.8) is 0 Å². The molecular weight excluding hydrogens is 381 g/mol. The number of hydrogen-bond acceptors (Lipinski definition) is 5. The number of rotatable bonds is 8. The van der Waals surface area contributed by atoms with Crippen LogP contribution < -0.4 is 10.6 Å². The van der Waals surface area contributed by atoms with E-state index in [9.17, 15) is 4.79 Å². The van der Waals surface area contributed by atoms with Gasteiger partial charge < -0.3 is 15.4 Å². The number of carbonyl (C=O) groups is 1. The number of nitrogens with one attached hydrogen (secondary N) is 2. The van der Waals surface area contributed by atoms with Crippen LogP contribution in [0.2, 0.25) is 0 Å². The van der Waals surface area contributed by atoms with E-state index in [1.807, 2.05) is 23.9 Å². The van der Waals surface area contributed by atoms with E-state index in [0.717, 1.165) is 30.9 Å². The Bertz CT molecular complexity index is 515. The summed E-state index contributed by atoms with van der Waals surface area (Å²) >= 11 is 2.02. The topological polar surface area (TPSA) is 53.6 Å². The van der Waals surface area contributed by atoms with Gasteiger partial charge in [0.25, 0.3) is 0 Å². The van der Waals surface area contributed by atoms with E-state index in [0.29, 0.717) is 19.7 Å². The van der Waals surface area contributed by atoms with Crippen LogP contribution in [0, 0.1) is 6.92 Å². The molecule has 1 aliphatic rings. The predicted octanol–water partition coefficient (Wildman–Crippen LogP) is 2.56. The summed E-state index contributed by atoms with van der Waals surface area (Å²) < 4.78 is 4.95. The van der Waals surface area contributed by atoms with Crippen molar-refractivity contribution >= 4 is 48.2 Å². The number of ether oxygens (including phenoxy) is 1. The number of amides is 1. The summed E-state index contributed by atoms with van der Waals surface area (Å²) in [6, 6.07) is 6.15. The molecule has 1 heterocycles. The average Bonchev–Trinajstić information content (AvgIpc) is 2.56. The Morgan fingerprint density at radius 1 is 1.28 bits per heavy atom. The Balaban J connectivity index is 0.00000288. The van der Waals surface area contributed by atoms with Crippen molar-refractivity contribution in [1.82, 2.24) is 10.2 Å². The summed E-state index contributed by atoms with van der Waals surface area (Å²) in [5, 5.41) is 6.06. The largest absolute Gasteiger partial charge is 0.383 e. The maximum absolute atomic E-state index is 12.0. The minimum Gasteiger partial charge on any atom is -0.383 e. The smallest absolute Gasteiger partial charge is 0.238 e. The van der Waals surface area contributed by atoms with Crippen LogP contribution >= 0.6 is 36.6 Å². The van der Waals surface area contributed by atoms with Gasteiger partial charge in [0.2, 0.25) is 5.91 Å². The fraction of sp³-hybridized carbons (Fsp3) is 0.588. The van der Waals surface area contributed by atoms with Crippen LogP contribution in [0.25, 0.3) is 0 Å². The van der Waals surface area contributed by atoms with Crippen molar-refractivity contribution in [1.29, 1.82) is 0 Å². The monoisotopic (exact) mass is 409 g/mol. The van der Waals surface area contributed by atoms with Crippen LogP contribution in [0.5, 0.6) is 0 Å². The lowest BCUT2D eigenvalue weighted by Gasteiger charge is -2.27. The van der Waals surface area contributed by atoms with Gasteiger partial charge in [-0.25, -0.2) is 0 Å². The molecule has 25 heavy (non-hydrogen) atoms. The van der Waals surface area contributed by atoms with Crippen LogP contribution in [-0.2, 0) is 16.1 Å². The lowest BCUT2D eigenvalue weighted by Crippen LogP contribution is -2.32. The van der Waals surface area contributed by atoms with Gasteiger partial charge in [-0.2, -0.15) is 11.8 Å². The zero-order chi connectivity index (χ0) is 16.5. The van der Waals surface area contributed by atoms with Gasteiger partial charge in [-0.15, -0.1) is 24.8 Å². The van der Waals surface area contributed by atoms with Crippen molar-refractivity contribution in [3.05, 3.63) is 29.3 Å². The zero-order valence-corrected chi connectivity index (χ0v) is 17.3.